The molecule has 1 N–H and O–H groups in total. The zero-order valence-corrected chi connectivity index (χ0v) is 19.0. The molecule has 0 unspecified atom stereocenters. The maximum Gasteiger partial charge on any atom is 0.227 e. The van der Waals surface area contributed by atoms with Crippen LogP contribution in [-0.4, -0.2) is 35.0 Å². The molecule has 158 valence electrons. The Hall–Kier alpha value is -2.83. The summed E-state index contributed by atoms with van der Waals surface area (Å²) in [5.41, 5.74) is 7.22. The number of nitrogens with zero attached hydrogens (tertiary/aromatic N) is 4. The minimum absolute atomic E-state index is 0.154. The molecule has 5 rings (SSSR count). The van der Waals surface area contributed by atoms with Gasteiger partial charge in [0.2, 0.25) is 5.95 Å². The minimum atomic E-state index is 0.154. The summed E-state index contributed by atoms with van der Waals surface area (Å²) in [6, 6.07) is 15.0. The predicted octanol–water partition coefficient (Wildman–Crippen LogP) is 5.62. The normalized spacial score (nSPS) is 16.8. The summed E-state index contributed by atoms with van der Waals surface area (Å²) in [5.74, 6) is 0.620. The average molecular weight is 430 g/mol. The third-order valence-corrected chi connectivity index (χ3v) is 6.94. The number of aromatic nitrogens is 2. The van der Waals surface area contributed by atoms with Crippen LogP contribution < -0.4 is 9.62 Å². The number of para-hydroxylation sites is 1. The van der Waals surface area contributed by atoms with Gasteiger partial charge in [-0.25, -0.2) is 9.97 Å². The summed E-state index contributed by atoms with van der Waals surface area (Å²) in [5, 5.41) is 3.43. The molecule has 0 bridgehead atoms. The van der Waals surface area contributed by atoms with Crippen LogP contribution >= 0.6 is 11.9 Å². The summed E-state index contributed by atoms with van der Waals surface area (Å²) in [4.78, 5) is 12.9. The van der Waals surface area contributed by atoms with Crippen molar-refractivity contribution in [3.63, 3.8) is 0 Å². The molecule has 31 heavy (non-hydrogen) atoms. The maximum atomic E-state index is 4.89. The van der Waals surface area contributed by atoms with Crippen molar-refractivity contribution in [1.82, 2.24) is 14.9 Å². The number of hydrogen-bond acceptors (Lipinski definition) is 6. The van der Waals surface area contributed by atoms with E-state index in [-0.39, 0.29) is 5.41 Å². The van der Waals surface area contributed by atoms with Gasteiger partial charge >= 0.3 is 0 Å². The maximum absolute atomic E-state index is 4.89. The summed E-state index contributed by atoms with van der Waals surface area (Å²) in [6.45, 7) is 11.3. The SMILES string of the molecule is C=CCN1Sc2cnc(Nc3ccc4c(c3)CN(C)CC4(C)C)nc2-c2ccccc21. The molecule has 6 heteroatoms. The quantitative estimate of drug-likeness (QED) is 0.429. The van der Waals surface area contributed by atoms with Gasteiger partial charge in [-0.1, -0.05) is 44.2 Å². The molecule has 0 saturated heterocycles. The molecule has 2 aliphatic heterocycles. The Morgan fingerprint density at radius 3 is 2.90 bits per heavy atom. The second kappa shape index (κ2) is 7.70. The molecule has 1 aromatic heterocycles. The molecule has 0 fully saturated rings. The van der Waals surface area contributed by atoms with Crippen molar-refractivity contribution in [3.8, 4) is 11.3 Å². The van der Waals surface area contributed by atoms with Crippen molar-refractivity contribution >= 4 is 29.3 Å². The van der Waals surface area contributed by atoms with Gasteiger partial charge in [-0.05, 0) is 48.3 Å². The van der Waals surface area contributed by atoms with Gasteiger partial charge in [0.15, 0.2) is 0 Å². The lowest BCUT2D eigenvalue weighted by Gasteiger charge is -2.38. The van der Waals surface area contributed by atoms with Crippen LogP contribution in [0.3, 0.4) is 0 Å². The number of benzene rings is 2. The lowest BCUT2D eigenvalue weighted by atomic mass is 9.78. The molecule has 0 atom stereocenters. The smallest absolute Gasteiger partial charge is 0.227 e. The molecule has 3 aromatic rings. The molecule has 2 aromatic carbocycles. The van der Waals surface area contributed by atoms with Crippen molar-refractivity contribution in [2.24, 2.45) is 0 Å². The van der Waals surface area contributed by atoms with E-state index in [9.17, 15) is 0 Å². The van der Waals surface area contributed by atoms with Crippen LogP contribution in [-0.2, 0) is 12.0 Å². The molecule has 5 nitrogen and oxygen atoms in total. The standard InChI is InChI=1S/C25H27N5S/c1-5-12-30-21-9-7-6-8-19(21)23-22(31-30)14-26-24(28-23)27-18-10-11-20-17(13-18)15-29(4)16-25(20,2)3/h5-11,13-14H,1,12,15-16H2,2-4H3,(H,26,27,28). The Morgan fingerprint density at radius 2 is 2.06 bits per heavy atom. The van der Waals surface area contributed by atoms with Crippen LogP contribution in [0, 0.1) is 0 Å². The van der Waals surface area contributed by atoms with Crippen molar-refractivity contribution in [2.45, 2.75) is 30.7 Å². The Balaban J connectivity index is 1.47. The Labute approximate surface area is 188 Å². The largest absolute Gasteiger partial charge is 0.324 e. The zero-order valence-electron chi connectivity index (χ0n) is 18.2. The summed E-state index contributed by atoms with van der Waals surface area (Å²) in [6.07, 6.45) is 3.83. The number of hydrogen-bond donors (Lipinski definition) is 1. The topological polar surface area (TPSA) is 44.3 Å². The molecule has 0 radical (unpaired) electrons. The first-order chi connectivity index (χ1) is 14.9. The minimum Gasteiger partial charge on any atom is -0.324 e. The highest BCUT2D eigenvalue weighted by atomic mass is 32.2. The molecule has 0 amide bonds. The second-order valence-electron chi connectivity index (χ2n) is 8.92. The zero-order chi connectivity index (χ0) is 21.6. The number of anilines is 3. The predicted molar refractivity (Wildman–Crippen MR) is 130 cm³/mol. The molecule has 2 aliphatic rings. The fourth-order valence-electron chi connectivity index (χ4n) is 4.70. The lowest BCUT2D eigenvalue weighted by Crippen LogP contribution is -2.39. The van der Waals surface area contributed by atoms with Crippen molar-refractivity contribution in [1.29, 1.82) is 0 Å². The highest BCUT2D eigenvalue weighted by Crippen LogP contribution is 2.45. The summed E-state index contributed by atoms with van der Waals surface area (Å²) < 4.78 is 2.23. The average Bonchev–Trinajstić information content (AvgIpc) is 2.73. The fourth-order valence-corrected chi connectivity index (χ4v) is 5.72. The van der Waals surface area contributed by atoms with Crippen LogP contribution in [0.25, 0.3) is 11.3 Å². The van der Waals surface area contributed by atoms with Crippen LogP contribution in [0.2, 0.25) is 0 Å². The van der Waals surface area contributed by atoms with Gasteiger partial charge in [-0.2, -0.15) is 0 Å². The van der Waals surface area contributed by atoms with E-state index < -0.39 is 0 Å². The van der Waals surface area contributed by atoms with E-state index in [4.69, 9.17) is 4.98 Å². The van der Waals surface area contributed by atoms with Crippen molar-refractivity contribution < 1.29 is 0 Å². The molecule has 3 heterocycles. The first-order valence-electron chi connectivity index (χ1n) is 10.6. The molecule has 0 aliphatic carbocycles. The molecule has 0 spiro atoms. The van der Waals surface area contributed by atoms with E-state index in [2.05, 4.69) is 89.4 Å². The van der Waals surface area contributed by atoms with Crippen LogP contribution in [0.5, 0.6) is 0 Å². The summed E-state index contributed by atoms with van der Waals surface area (Å²) in [7, 11) is 2.18. The van der Waals surface area contributed by atoms with Gasteiger partial charge in [0.05, 0.1) is 16.3 Å². The highest BCUT2D eigenvalue weighted by Gasteiger charge is 2.30. The monoisotopic (exact) mass is 429 g/mol. The van der Waals surface area contributed by atoms with E-state index in [1.807, 2.05) is 12.3 Å². The van der Waals surface area contributed by atoms with Gasteiger partial charge in [0.1, 0.15) is 0 Å². The fraction of sp³-hybridized carbons (Fsp3) is 0.280. The Kier molecular flexibility index (Phi) is 4.99. The van der Waals surface area contributed by atoms with E-state index in [1.54, 1.807) is 11.9 Å². The third-order valence-electron chi connectivity index (χ3n) is 5.88. The lowest BCUT2D eigenvalue weighted by molar-refractivity contribution is 0.236. The molecular formula is C25H27N5S. The van der Waals surface area contributed by atoms with Gasteiger partial charge in [0, 0.05) is 42.5 Å². The third kappa shape index (κ3) is 3.70. The molecular weight excluding hydrogens is 402 g/mol. The van der Waals surface area contributed by atoms with E-state index in [1.165, 1.54) is 11.1 Å². The number of fused-ring (bicyclic) bond motifs is 4. The van der Waals surface area contributed by atoms with Gasteiger partial charge in [-0.15, -0.1) is 6.58 Å². The van der Waals surface area contributed by atoms with E-state index in [0.717, 1.165) is 47.2 Å². The number of rotatable bonds is 4. The molecule has 0 saturated carbocycles. The first kappa shape index (κ1) is 20.1. The Bertz CT molecular complexity index is 1160. The van der Waals surface area contributed by atoms with Crippen LogP contribution in [0.15, 0.2) is 66.2 Å². The highest BCUT2D eigenvalue weighted by molar-refractivity contribution is 8.00. The van der Waals surface area contributed by atoms with Crippen molar-refractivity contribution in [2.75, 3.05) is 29.8 Å². The van der Waals surface area contributed by atoms with E-state index in [0.29, 0.717) is 5.95 Å². The van der Waals surface area contributed by atoms with Crippen molar-refractivity contribution in [3.05, 3.63) is 72.4 Å². The van der Waals surface area contributed by atoms with Gasteiger partial charge < -0.3 is 14.5 Å². The number of likely N-dealkylation sites (N-methyl/N-ethyl adjacent to an activating group) is 1. The number of nitrogens with one attached hydrogen (secondary N) is 1. The van der Waals surface area contributed by atoms with E-state index >= 15 is 0 Å². The Morgan fingerprint density at radius 1 is 1.23 bits per heavy atom. The summed E-state index contributed by atoms with van der Waals surface area (Å²) >= 11 is 1.66. The van der Waals surface area contributed by atoms with Crippen LogP contribution in [0.4, 0.5) is 17.3 Å². The first-order valence-corrected chi connectivity index (χ1v) is 11.3. The van der Waals surface area contributed by atoms with Gasteiger partial charge in [-0.3, -0.25) is 0 Å². The van der Waals surface area contributed by atoms with Crippen LogP contribution in [0.1, 0.15) is 25.0 Å². The van der Waals surface area contributed by atoms with Gasteiger partial charge in [0.25, 0.3) is 0 Å². The second-order valence-corrected chi connectivity index (χ2v) is 9.98.